The molecule has 0 saturated carbocycles. The van der Waals surface area contributed by atoms with E-state index in [0.717, 1.165) is 18.4 Å². The molecule has 140 valence electrons. The van der Waals surface area contributed by atoms with Gasteiger partial charge in [-0.3, -0.25) is 4.79 Å². The van der Waals surface area contributed by atoms with E-state index in [0.29, 0.717) is 12.1 Å². The zero-order valence-electron chi connectivity index (χ0n) is 15.8. The lowest BCUT2D eigenvalue weighted by molar-refractivity contribution is 0.0827. The van der Waals surface area contributed by atoms with Crippen LogP contribution in [0.3, 0.4) is 0 Å². The van der Waals surface area contributed by atoms with E-state index in [2.05, 4.69) is 34.6 Å². The fourth-order valence-electron chi connectivity index (χ4n) is 2.43. The number of nitrogens with one attached hydrogen (secondary N) is 2. The van der Waals surface area contributed by atoms with E-state index in [1.54, 1.807) is 38.4 Å². The van der Waals surface area contributed by atoms with E-state index < -0.39 is 0 Å². The second-order valence-electron chi connectivity index (χ2n) is 6.28. The van der Waals surface area contributed by atoms with Gasteiger partial charge >= 0.3 is 6.03 Å². The van der Waals surface area contributed by atoms with Crippen LogP contribution in [0.4, 0.5) is 4.79 Å². The van der Waals surface area contributed by atoms with Gasteiger partial charge in [-0.25, -0.2) is 4.79 Å². The van der Waals surface area contributed by atoms with Crippen molar-refractivity contribution in [2.75, 3.05) is 27.2 Å². The number of aryl methyl sites for hydroxylation is 1. The maximum atomic E-state index is 11.8. The largest absolute Gasteiger partial charge is 0.345 e. The first kappa shape index (κ1) is 20.1. The van der Waals surface area contributed by atoms with Crippen LogP contribution in [0, 0.1) is 11.8 Å². The quantitative estimate of drug-likeness (QED) is 0.612. The Kier molecular flexibility index (Phi) is 7.92. The zero-order valence-corrected chi connectivity index (χ0v) is 15.8. The topological polar surface area (TPSA) is 61.4 Å². The van der Waals surface area contributed by atoms with Crippen LogP contribution in [-0.2, 0) is 6.42 Å². The fraction of sp³-hybridized carbons (Fsp3) is 0.273. The van der Waals surface area contributed by atoms with Crippen molar-refractivity contribution in [2.45, 2.75) is 12.8 Å². The molecule has 5 nitrogen and oxygen atoms in total. The SMILES string of the molecule is CN(C)C(=O)c1ccc(C#CCNC(=O)NCCCc2ccccc2)cc1. The van der Waals surface area contributed by atoms with Gasteiger partial charge in [0.15, 0.2) is 0 Å². The molecule has 2 aromatic carbocycles. The third-order valence-electron chi connectivity index (χ3n) is 3.88. The normalized spacial score (nSPS) is 9.70. The van der Waals surface area contributed by atoms with Crippen molar-refractivity contribution < 1.29 is 9.59 Å². The summed E-state index contributed by atoms with van der Waals surface area (Å²) in [5.74, 6) is 5.83. The fourth-order valence-corrected chi connectivity index (χ4v) is 2.43. The maximum Gasteiger partial charge on any atom is 0.315 e. The molecule has 0 aliphatic heterocycles. The lowest BCUT2D eigenvalue weighted by Crippen LogP contribution is -2.36. The number of benzene rings is 2. The van der Waals surface area contributed by atoms with E-state index in [1.165, 1.54) is 10.5 Å². The minimum atomic E-state index is -0.218. The van der Waals surface area contributed by atoms with Crippen LogP contribution in [0.25, 0.3) is 0 Å². The van der Waals surface area contributed by atoms with E-state index in [-0.39, 0.29) is 18.5 Å². The van der Waals surface area contributed by atoms with Gasteiger partial charge in [-0.1, -0.05) is 42.2 Å². The van der Waals surface area contributed by atoms with Gasteiger partial charge in [0.05, 0.1) is 6.54 Å². The van der Waals surface area contributed by atoms with E-state index in [1.807, 2.05) is 18.2 Å². The van der Waals surface area contributed by atoms with Crippen LogP contribution in [-0.4, -0.2) is 44.0 Å². The number of rotatable bonds is 6. The third kappa shape index (κ3) is 7.25. The predicted molar refractivity (Wildman–Crippen MR) is 108 cm³/mol. The van der Waals surface area contributed by atoms with Crippen LogP contribution in [0.5, 0.6) is 0 Å². The van der Waals surface area contributed by atoms with Crippen LogP contribution in [0.15, 0.2) is 54.6 Å². The van der Waals surface area contributed by atoms with Gasteiger partial charge in [0.2, 0.25) is 0 Å². The second-order valence-corrected chi connectivity index (χ2v) is 6.28. The van der Waals surface area contributed by atoms with Crippen molar-refractivity contribution in [2.24, 2.45) is 0 Å². The number of nitrogens with zero attached hydrogens (tertiary/aromatic N) is 1. The van der Waals surface area contributed by atoms with Gasteiger partial charge in [-0.15, -0.1) is 0 Å². The molecule has 0 unspecified atom stereocenters. The van der Waals surface area contributed by atoms with E-state index in [4.69, 9.17) is 0 Å². The molecule has 0 aromatic heterocycles. The molecule has 2 N–H and O–H groups in total. The lowest BCUT2D eigenvalue weighted by Gasteiger charge is -2.09. The molecule has 27 heavy (non-hydrogen) atoms. The Hall–Kier alpha value is -3.26. The van der Waals surface area contributed by atoms with Gasteiger partial charge in [0.1, 0.15) is 0 Å². The maximum absolute atomic E-state index is 11.8. The van der Waals surface area contributed by atoms with Gasteiger partial charge < -0.3 is 15.5 Å². The molecule has 0 aliphatic carbocycles. The second kappa shape index (κ2) is 10.7. The first-order chi connectivity index (χ1) is 13.1. The van der Waals surface area contributed by atoms with Gasteiger partial charge in [0, 0.05) is 31.8 Å². The van der Waals surface area contributed by atoms with Crippen molar-refractivity contribution in [3.05, 3.63) is 71.3 Å². The molecule has 3 amide bonds. The number of urea groups is 1. The molecule has 0 atom stereocenters. The number of carbonyl (C=O) groups is 2. The molecule has 0 fully saturated rings. The highest BCUT2D eigenvalue weighted by molar-refractivity contribution is 5.93. The Labute approximate surface area is 160 Å². The summed E-state index contributed by atoms with van der Waals surface area (Å²) in [6.45, 7) is 0.887. The summed E-state index contributed by atoms with van der Waals surface area (Å²) in [6, 6.07) is 17.1. The molecule has 2 rings (SSSR count). The molecule has 0 aliphatic rings. The Balaban J connectivity index is 1.66. The Bertz CT molecular complexity index is 803. The number of amides is 3. The van der Waals surface area contributed by atoms with Crippen LogP contribution in [0.1, 0.15) is 27.9 Å². The van der Waals surface area contributed by atoms with E-state index in [9.17, 15) is 9.59 Å². The lowest BCUT2D eigenvalue weighted by atomic mass is 10.1. The smallest absolute Gasteiger partial charge is 0.315 e. The first-order valence-electron chi connectivity index (χ1n) is 8.92. The molecule has 0 heterocycles. The summed E-state index contributed by atoms with van der Waals surface area (Å²) in [5.41, 5.74) is 2.69. The molecule has 5 heteroatoms. The van der Waals surface area contributed by atoms with Gasteiger partial charge in [-0.05, 0) is 42.7 Å². The molecular weight excluding hydrogens is 338 g/mol. The number of carbonyl (C=O) groups excluding carboxylic acids is 2. The summed E-state index contributed by atoms with van der Waals surface area (Å²) >= 11 is 0. The molecular formula is C22H25N3O2. The standard InChI is InChI=1S/C22H25N3O2/c1-25(2)21(26)20-14-12-19(13-15-20)11-7-17-24-22(27)23-16-6-10-18-8-4-3-5-9-18/h3-5,8-9,12-15H,6,10,16-17H2,1-2H3,(H2,23,24,27). The highest BCUT2D eigenvalue weighted by Crippen LogP contribution is 2.05. The number of hydrogen-bond donors (Lipinski definition) is 2. The Morgan fingerprint density at radius 2 is 1.67 bits per heavy atom. The van der Waals surface area contributed by atoms with Crippen LogP contribution in [0.2, 0.25) is 0 Å². The Morgan fingerprint density at radius 3 is 2.33 bits per heavy atom. The molecule has 0 spiro atoms. The first-order valence-corrected chi connectivity index (χ1v) is 8.92. The minimum Gasteiger partial charge on any atom is -0.345 e. The summed E-state index contributed by atoms with van der Waals surface area (Å²) in [5, 5.41) is 5.53. The van der Waals surface area contributed by atoms with Crippen molar-refractivity contribution in [3.8, 4) is 11.8 Å². The van der Waals surface area contributed by atoms with Gasteiger partial charge in [-0.2, -0.15) is 0 Å². The summed E-state index contributed by atoms with van der Waals surface area (Å²) in [6.07, 6.45) is 1.83. The highest BCUT2D eigenvalue weighted by Gasteiger charge is 2.06. The average molecular weight is 363 g/mol. The predicted octanol–water partition coefficient (Wildman–Crippen LogP) is 2.67. The number of hydrogen-bond acceptors (Lipinski definition) is 2. The molecule has 2 aromatic rings. The van der Waals surface area contributed by atoms with E-state index >= 15 is 0 Å². The van der Waals surface area contributed by atoms with Crippen LogP contribution < -0.4 is 10.6 Å². The summed E-state index contributed by atoms with van der Waals surface area (Å²) in [7, 11) is 3.43. The third-order valence-corrected chi connectivity index (χ3v) is 3.88. The summed E-state index contributed by atoms with van der Waals surface area (Å²) in [4.78, 5) is 25.1. The monoisotopic (exact) mass is 363 g/mol. The van der Waals surface area contributed by atoms with Crippen molar-refractivity contribution >= 4 is 11.9 Å². The Morgan fingerprint density at radius 1 is 0.963 bits per heavy atom. The molecule has 0 bridgehead atoms. The van der Waals surface area contributed by atoms with Crippen molar-refractivity contribution in [3.63, 3.8) is 0 Å². The summed E-state index contributed by atoms with van der Waals surface area (Å²) < 4.78 is 0. The highest BCUT2D eigenvalue weighted by atomic mass is 16.2. The average Bonchev–Trinajstić information content (AvgIpc) is 2.69. The minimum absolute atomic E-state index is 0.0416. The van der Waals surface area contributed by atoms with Crippen molar-refractivity contribution in [1.29, 1.82) is 0 Å². The molecule has 0 saturated heterocycles. The molecule has 0 radical (unpaired) electrons. The zero-order chi connectivity index (χ0) is 19.5. The van der Waals surface area contributed by atoms with Crippen LogP contribution >= 0.6 is 0 Å². The van der Waals surface area contributed by atoms with Crippen molar-refractivity contribution in [1.82, 2.24) is 15.5 Å². The van der Waals surface area contributed by atoms with Gasteiger partial charge in [0.25, 0.3) is 5.91 Å².